The van der Waals surface area contributed by atoms with Gasteiger partial charge in [0.05, 0.1) is 0 Å². The second-order valence-electron chi connectivity index (χ2n) is 7.59. The van der Waals surface area contributed by atoms with Crippen LogP contribution in [0.3, 0.4) is 0 Å². The number of halogens is 4. The zero-order valence-electron chi connectivity index (χ0n) is 17.8. The molecule has 0 saturated heterocycles. The second-order valence-corrected chi connectivity index (χ2v) is 7.59. The fourth-order valence-electron chi connectivity index (χ4n) is 3.46. The topological polar surface area (TPSA) is 9.23 Å². The summed E-state index contributed by atoms with van der Waals surface area (Å²) in [5, 5.41) is 0. The van der Waals surface area contributed by atoms with Crippen LogP contribution in [0.25, 0.3) is 11.1 Å². The Kier molecular flexibility index (Phi) is 7.72. The van der Waals surface area contributed by atoms with Gasteiger partial charge in [-0.05, 0) is 47.6 Å². The van der Waals surface area contributed by atoms with Crippen LogP contribution in [-0.2, 0) is 19.4 Å². The molecule has 0 unspecified atom stereocenters. The molecule has 0 N–H and O–H groups in total. The maximum absolute atomic E-state index is 14.5. The minimum atomic E-state index is -0.997. The molecule has 0 spiro atoms. The number of aryl methyl sites for hydroxylation is 2. The van der Waals surface area contributed by atoms with Crippen LogP contribution in [0.2, 0.25) is 0 Å². The van der Waals surface area contributed by atoms with E-state index in [1.54, 1.807) is 36.4 Å². The number of ether oxygens (including phenoxy) is 1. The van der Waals surface area contributed by atoms with Gasteiger partial charge < -0.3 is 4.74 Å². The molecule has 1 nitrogen and oxygen atoms in total. The molecule has 0 saturated carbocycles. The van der Waals surface area contributed by atoms with E-state index in [9.17, 15) is 17.6 Å². The Morgan fingerprint density at radius 3 is 1.97 bits per heavy atom. The summed E-state index contributed by atoms with van der Waals surface area (Å²) in [7, 11) is 0. The number of rotatable bonds is 9. The zero-order valence-corrected chi connectivity index (χ0v) is 17.8. The summed E-state index contributed by atoms with van der Waals surface area (Å²) in [5.41, 5.74) is 2.12. The van der Waals surface area contributed by atoms with E-state index in [-0.39, 0.29) is 17.9 Å². The lowest BCUT2D eigenvalue weighted by Crippen LogP contribution is -2.02. The van der Waals surface area contributed by atoms with E-state index in [2.05, 4.69) is 0 Å². The van der Waals surface area contributed by atoms with Crippen LogP contribution >= 0.6 is 0 Å². The minimum absolute atomic E-state index is 0.0244. The third-order valence-electron chi connectivity index (χ3n) is 5.27. The Morgan fingerprint density at radius 1 is 0.645 bits per heavy atom. The third-order valence-corrected chi connectivity index (χ3v) is 5.27. The van der Waals surface area contributed by atoms with Crippen LogP contribution in [0.4, 0.5) is 17.6 Å². The van der Waals surface area contributed by atoms with Crippen molar-refractivity contribution < 1.29 is 22.3 Å². The maximum atomic E-state index is 14.5. The maximum Gasteiger partial charge on any atom is 0.200 e. The van der Waals surface area contributed by atoms with Gasteiger partial charge >= 0.3 is 0 Å². The lowest BCUT2D eigenvalue weighted by molar-refractivity contribution is 0.284. The standard InChI is InChI=1S/C26H26F4O/c1-3-5-7-20-12-14-21(25(29)23(20)27)18-10-8-17(9-11-18)16-31-22-15-13-19(6-4-2)24(28)26(22)30/h8-15H,3-7,16H2,1-2H3. The summed E-state index contributed by atoms with van der Waals surface area (Å²) in [6, 6.07) is 12.9. The molecule has 0 fully saturated rings. The lowest BCUT2D eigenvalue weighted by Gasteiger charge is -2.11. The zero-order chi connectivity index (χ0) is 22.4. The van der Waals surface area contributed by atoms with Crippen molar-refractivity contribution in [1.29, 1.82) is 0 Å². The van der Waals surface area contributed by atoms with Crippen molar-refractivity contribution >= 4 is 0 Å². The normalized spacial score (nSPS) is 11.0. The number of hydrogen-bond donors (Lipinski definition) is 0. The molecule has 3 aromatic rings. The lowest BCUT2D eigenvalue weighted by atomic mass is 9.99. The van der Waals surface area contributed by atoms with Gasteiger partial charge in [0.25, 0.3) is 0 Å². The first-order valence-corrected chi connectivity index (χ1v) is 10.6. The van der Waals surface area contributed by atoms with E-state index in [0.29, 0.717) is 35.1 Å². The predicted octanol–water partition coefficient (Wildman–Crippen LogP) is 7.78. The van der Waals surface area contributed by atoms with Gasteiger partial charge in [0, 0.05) is 5.56 Å². The summed E-state index contributed by atoms with van der Waals surface area (Å²) in [5.74, 6) is -3.69. The van der Waals surface area contributed by atoms with Crippen LogP contribution in [0, 0.1) is 23.3 Å². The van der Waals surface area contributed by atoms with E-state index in [1.807, 2.05) is 13.8 Å². The fourth-order valence-corrected chi connectivity index (χ4v) is 3.46. The third kappa shape index (κ3) is 5.27. The van der Waals surface area contributed by atoms with Crippen LogP contribution < -0.4 is 4.74 Å². The number of unbranched alkanes of at least 4 members (excludes halogenated alkanes) is 1. The average molecular weight is 430 g/mol. The highest BCUT2D eigenvalue weighted by Crippen LogP contribution is 2.28. The molecule has 0 radical (unpaired) electrons. The van der Waals surface area contributed by atoms with Crippen LogP contribution in [0.5, 0.6) is 5.75 Å². The van der Waals surface area contributed by atoms with Crippen LogP contribution in [-0.4, -0.2) is 0 Å². The second kappa shape index (κ2) is 10.5. The fraction of sp³-hybridized carbons (Fsp3) is 0.308. The van der Waals surface area contributed by atoms with E-state index < -0.39 is 23.3 Å². The highest BCUT2D eigenvalue weighted by atomic mass is 19.2. The molecule has 0 heterocycles. The number of hydrogen-bond acceptors (Lipinski definition) is 1. The molecule has 0 aromatic heterocycles. The van der Waals surface area contributed by atoms with Crippen molar-refractivity contribution in [3.05, 3.63) is 88.5 Å². The van der Waals surface area contributed by atoms with Gasteiger partial charge in [0.1, 0.15) is 6.61 Å². The van der Waals surface area contributed by atoms with Crippen LogP contribution in [0.15, 0.2) is 48.5 Å². The first kappa shape index (κ1) is 22.9. The molecule has 3 rings (SSSR count). The summed E-state index contributed by atoms with van der Waals surface area (Å²) in [6.07, 6.45) is 3.39. The van der Waals surface area contributed by atoms with Gasteiger partial charge in [-0.15, -0.1) is 0 Å². The Hall–Kier alpha value is -2.82. The minimum Gasteiger partial charge on any atom is -0.486 e. The van der Waals surface area contributed by atoms with E-state index >= 15 is 0 Å². The molecule has 0 amide bonds. The van der Waals surface area contributed by atoms with Gasteiger partial charge in [-0.3, -0.25) is 0 Å². The smallest absolute Gasteiger partial charge is 0.200 e. The van der Waals surface area contributed by atoms with Crippen molar-refractivity contribution in [2.24, 2.45) is 0 Å². The quantitative estimate of drug-likeness (QED) is 0.315. The molecule has 0 aliphatic rings. The average Bonchev–Trinajstić information content (AvgIpc) is 2.78. The SMILES string of the molecule is CCCCc1ccc(-c2ccc(COc3ccc(CCC)c(F)c3F)cc2)c(F)c1F. The van der Waals surface area contributed by atoms with E-state index in [1.165, 1.54) is 12.1 Å². The van der Waals surface area contributed by atoms with Crippen molar-refractivity contribution in [2.75, 3.05) is 0 Å². The van der Waals surface area contributed by atoms with Gasteiger partial charge in [0.2, 0.25) is 5.82 Å². The molecule has 0 aliphatic carbocycles. The van der Waals surface area contributed by atoms with E-state index in [4.69, 9.17) is 4.74 Å². The Morgan fingerprint density at radius 2 is 1.29 bits per heavy atom. The summed E-state index contributed by atoms with van der Waals surface area (Å²) in [4.78, 5) is 0. The van der Waals surface area contributed by atoms with Gasteiger partial charge in [-0.1, -0.05) is 69.2 Å². The van der Waals surface area contributed by atoms with Gasteiger partial charge in [0.15, 0.2) is 23.2 Å². The highest BCUT2D eigenvalue weighted by Gasteiger charge is 2.16. The molecular weight excluding hydrogens is 404 g/mol. The summed E-state index contributed by atoms with van der Waals surface area (Å²) >= 11 is 0. The largest absolute Gasteiger partial charge is 0.486 e. The summed E-state index contributed by atoms with van der Waals surface area (Å²) < 4.78 is 62.6. The van der Waals surface area contributed by atoms with Crippen LogP contribution in [0.1, 0.15) is 49.8 Å². The molecule has 164 valence electrons. The Bertz CT molecular complexity index is 1030. The summed E-state index contributed by atoms with van der Waals surface area (Å²) in [6.45, 7) is 3.92. The molecule has 31 heavy (non-hydrogen) atoms. The van der Waals surface area contributed by atoms with Crippen molar-refractivity contribution in [2.45, 2.75) is 52.6 Å². The highest BCUT2D eigenvalue weighted by molar-refractivity contribution is 5.65. The first-order chi connectivity index (χ1) is 15.0. The molecule has 0 bridgehead atoms. The Labute approximate surface area is 180 Å². The molecular formula is C26H26F4O. The van der Waals surface area contributed by atoms with Crippen molar-refractivity contribution in [3.8, 4) is 16.9 Å². The van der Waals surface area contributed by atoms with Gasteiger partial charge in [-0.25, -0.2) is 13.2 Å². The molecule has 0 aliphatic heterocycles. The van der Waals surface area contributed by atoms with Crippen molar-refractivity contribution in [3.63, 3.8) is 0 Å². The van der Waals surface area contributed by atoms with Gasteiger partial charge in [-0.2, -0.15) is 4.39 Å². The molecule has 0 atom stereocenters. The van der Waals surface area contributed by atoms with E-state index in [0.717, 1.165) is 19.3 Å². The molecule has 3 aromatic carbocycles. The molecule has 5 heteroatoms. The number of benzene rings is 3. The first-order valence-electron chi connectivity index (χ1n) is 10.6. The predicted molar refractivity (Wildman–Crippen MR) is 115 cm³/mol. The van der Waals surface area contributed by atoms with Crippen molar-refractivity contribution in [1.82, 2.24) is 0 Å². The Balaban J connectivity index is 1.71. The monoisotopic (exact) mass is 430 g/mol.